The highest BCUT2D eigenvalue weighted by molar-refractivity contribution is 5.94. The fraction of sp³-hybridized carbons (Fsp3) is 0.462. The van der Waals surface area contributed by atoms with Crippen LogP contribution in [0.15, 0.2) is 24.3 Å². The number of hydrogen-bond donors (Lipinski definition) is 1. The smallest absolute Gasteiger partial charge is 0.387 e. The molecule has 21 heavy (non-hydrogen) atoms. The van der Waals surface area contributed by atoms with Crippen molar-refractivity contribution in [1.29, 1.82) is 0 Å². The number of hydrogen-bond acceptors (Lipinski definition) is 4. The van der Waals surface area contributed by atoms with Crippen LogP contribution in [-0.2, 0) is 4.74 Å². The highest BCUT2D eigenvalue weighted by atomic mass is 35.5. The van der Waals surface area contributed by atoms with Gasteiger partial charge in [-0.05, 0) is 24.3 Å². The monoisotopic (exact) mass is 322 g/mol. The van der Waals surface area contributed by atoms with E-state index in [0.717, 1.165) is 0 Å². The lowest BCUT2D eigenvalue weighted by Gasteiger charge is -2.32. The van der Waals surface area contributed by atoms with Gasteiger partial charge in [0.15, 0.2) is 0 Å². The van der Waals surface area contributed by atoms with Crippen molar-refractivity contribution in [2.24, 2.45) is 5.73 Å². The average Bonchev–Trinajstić information content (AvgIpc) is 2.47. The summed E-state index contributed by atoms with van der Waals surface area (Å²) in [5, 5.41) is 0. The Bertz CT molecular complexity index is 459. The summed E-state index contributed by atoms with van der Waals surface area (Å²) in [7, 11) is 0. The molecule has 2 N–H and O–H groups in total. The SMILES string of the molecule is Cl.NCC1CN(C(=O)c2ccc(OC(F)F)cc2)CCO1. The Kier molecular flexibility index (Phi) is 6.80. The molecule has 1 aliphatic heterocycles. The maximum Gasteiger partial charge on any atom is 0.387 e. The van der Waals surface area contributed by atoms with Gasteiger partial charge in [-0.2, -0.15) is 8.78 Å². The molecule has 5 nitrogen and oxygen atoms in total. The van der Waals surface area contributed by atoms with Crippen LogP contribution in [0.5, 0.6) is 5.75 Å². The molecular weight excluding hydrogens is 306 g/mol. The van der Waals surface area contributed by atoms with Crippen molar-refractivity contribution >= 4 is 18.3 Å². The first-order chi connectivity index (χ1) is 9.60. The molecule has 1 saturated heterocycles. The Morgan fingerprint density at radius 2 is 2.10 bits per heavy atom. The van der Waals surface area contributed by atoms with Gasteiger partial charge in [0, 0.05) is 25.2 Å². The summed E-state index contributed by atoms with van der Waals surface area (Å²) in [6.07, 6.45) is -0.158. The number of rotatable bonds is 4. The minimum atomic E-state index is -2.87. The fourth-order valence-corrected chi connectivity index (χ4v) is 2.01. The van der Waals surface area contributed by atoms with Crippen LogP contribution in [0, 0.1) is 0 Å². The molecule has 1 aromatic carbocycles. The van der Waals surface area contributed by atoms with Crippen molar-refractivity contribution in [3.05, 3.63) is 29.8 Å². The number of nitrogens with zero attached hydrogens (tertiary/aromatic N) is 1. The van der Waals surface area contributed by atoms with Crippen molar-refractivity contribution in [2.75, 3.05) is 26.2 Å². The first-order valence-electron chi connectivity index (χ1n) is 6.26. The zero-order valence-electron chi connectivity index (χ0n) is 11.2. The van der Waals surface area contributed by atoms with E-state index in [2.05, 4.69) is 4.74 Å². The lowest BCUT2D eigenvalue weighted by molar-refractivity contribution is -0.0498. The molecule has 1 fully saturated rings. The number of ether oxygens (including phenoxy) is 2. The molecule has 1 amide bonds. The van der Waals surface area contributed by atoms with Crippen molar-refractivity contribution in [1.82, 2.24) is 4.90 Å². The maximum absolute atomic E-state index is 12.2. The van der Waals surface area contributed by atoms with Crippen LogP contribution in [0.25, 0.3) is 0 Å². The van der Waals surface area contributed by atoms with Gasteiger partial charge in [-0.15, -0.1) is 12.4 Å². The number of nitrogens with two attached hydrogens (primary N) is 1. The fourth-order valence-electron chi connectivity index (χ4n) is 2.01. The third kappa shape index (κ3) is 4.80. The summed E-state index contributed by atoms with van der Waals surface area (Å²) in [6.45, 7) is -1.15. The molecule has 0 aliphatic carbocycles. The van der Waals surface area contributed by atoms with Gasteiger partial charge >= 0.3 is 6.61 Å². The second-order valence-corrected chi connectivity index (χ2v) is 4.38. The third-order valence-corrected chi connectivity index (χ3v) is 3.02. The number of benzene rings is 1. The minimum absolute atomic E-state index is 0. The molecule has 2 rings (SSSR count). The molecule has 1 aromatic rings. The number of morpholine rings is 1. The lowest BCUT2D eigenvalue weighted by Crippen LogP contribution is -2.48. The molecular formula is C13H17ClF2N2O3. The van der Waals surface area contributed by atoms with E-state index in [4.69, 9.17) is 10.5 Å². The minimum Gasteiger partial charge on any atom is -0.435 e. The number of carbonyl (C=O) groups is 1. The molecule has 118 valence electrons. The van der Waals surface area contributed by atoms with Gasteiger partial charge in [-0.3, -0.25) is 4.79 Å². The summed E-state index contributed by atoms with van der Waals surface area (Å²) >= 11 is 0. The number of amides is 1. The van der Waals surface area contributed by atoms with Gasteiger partial charge in [0.2, 0.25) is 0 Å². The van der Waals surface area contributed by atoms with E-state index in [1.54, 1.807) is 4.90 Å². The third-order valence-electron chi connectivity index (χ3n) is 3.02. The van der Waals surface area contributed by atoms with Crippen molar-refractivity contribution < 1.29 is 23.0 Å². The molecule has 0 saturated carbocycles. The van der Waals surface area contributed by atoms with Crippen molar-refractivity contribution in [3.63, 3.8) is 0 Å². The first kappa shape index (κ1) is 17.6. The van der Waals surface area contributed by atoms with E-state index in [1.807, 2.05) is 0 Å². The maximum atomic E-state index is 12.2. The molecule has 1 atom stereocenters. The van der Waals surface area contributed by atoms with Gasteiger partial charge in [0.05, 0.1) is 12.7 Å². The molecule has 1 heterocycles. The Balaban J connectivity index is 0.00000220. The molecule has 8 heteroatoms. The highest BCUT2D eigenvalue weighted by Gasteiger charge is 2.24. The summed E-state index contributed by atoms with van der Waals surface area (Å²) in [5.41, 5.74) is 5.94. The first-order valence-corrected chi connectivity index (χ1v) is 6.26. The van der Waals surface area contributed by atoms with Gasteiger partial charge < -0.3 is 20.1 Å². The van der Waals surface area contributed by atoms with Gasteiger partial charge in [-0.25, -0.2) is 0 Å². The zero-order chi connectivity index (χ0) is 14.5. The largest absolute Gasteiger partial charge is 0.435 e. The van der Waals surface area contributed by atoms with Crippen LogP contribution in [0.4, 0.5) is 8.78 Å². The lowest BCUT2D eigenvalue weighted by atomic mass is 10.1. The van der Waals surface area contributed by atoms with Crippen molar-refractivity contribution in [3.8, 4) is 5.75 Å². The Labute approximate surface area is 127 Å². The van der Waals surface area contributed by atoms with Gasteiger partial charge in [0.25, 0.3) is 5.91 Å². The Morgan fingerprint density at radius 3 is 2.67 bits per heavy atom. The van der Waals surface area contributed by atoms with Crippen LogP contribution in [-0.4, -0.2) is 49.8 Å². The van der Waals surface area contributed by atoms with Gasteiger partial charge in [-0.1, -0.05) is 0 Å². The van der Waals surface area contributed by atoms with Crippen LogP contribution in [0.2, 0.25) is 0 Å². The van der Waals surface area contributed by atoms with E-state index >= 15 is 0 Å². The number of alkyl halides is 2. The van der Waals surface area contributed by atoms with E-state index in [9.17, 15) is 13.6 Å². The van der Waals surface area contributed by atoms with Crippen LogP contribution in [0.1, 0.15) is 10.4 Å². The molecule has 1 unspecified atom stereocenters. The number of halogens is 3. The van der Waals surface area contributed by atoms with Crippen LogP contribution in [0.3, 0.4) is 0 Å². The van der Waals surface area contributed by atoms with E-state index < -0.39 is 6.61 Å². The summed E-state index contributed by atoms with van der Waals surface area (Å²) < 4.78 is 33.7. The average molecular weight is 323 g/mol. The number of carbonyl (C=O) groups excluding carboxylic acids is 1. The predicted octanol–water partition coefficient (Wildman–Crippen LogP) is 1.51. The second kappa shape index (κ2) is 8.11. The van der Waals surface area contributed by atoms with E-state index in [1.165, 1.54) is 24.3 Å². The standard InChI is InChI=1S/C13H16F2N2O3.ClH/c14-13(15)20-10-3-1-9(2-4-10)12(18)17-5-6-19-11(7-16)8-17;/h1-4,11,13H,5-8,16H2;1H. The highest BCUT2D eigenvalue weighted by Crippen LogP contribution is 2.17. The quantitative estimate of drug-likeness (QED) is 0.912. The topological polar surface area (TPSA) is 64.8 Å². The molecule has 0 spiro atoms. The van der Waals surface area contributed by atoms with E-state index in [-0.39, 0.29) is 30.2 Å². The summed E-state index contributed by atoms with van der Waals surface area (Å²) in [5.74, 6) is -0.145. The predicted molar refractivity (Wildman–Crippen MR) is 75.0 cm³/mol. The van der Waals surface area contributed by atoms with Crippen LogP contribution >= 0.6 is 12.4 Å². The van der Waals surface area contributed by atoms with E-state index in [0.29, 0.717) is 31.8 Å². The molecule has 1 aliphatic rings. The van der Waals surface area contributed by atoms with Crippen LogP contribution < -0.4 is 10.5 Å². The normalized spacial score (nSPS) is 18.3. The summed E-state index contributed by atoms with van der Waals surface area (Å²) in [6, 6.07) is 5.63. The Hall–Kier alpha value is -1.44. The molecule has 0 aromatic heterocycles. The van der Waals surface area contributed by atoms with Gasteiger partial charge in [0.1, 0.15) is 5.75 Å². The Morgan fingerprint density at radius 1 is 1.43 bits per heavy atom. The zero-order valence-corrected chi connectivity index (χ0v) is 12.0. The second-order valence-electron chi connectivity index (χ2n) is 4.38. The molecule has 0 bridgehead atoms. The summed E-state index contributed by atoms with van der Waals surface area (Å²) in [4.78, 5) is 13.9. The van der Waals surface area contributed by atoms with Crippen molar-refractivity contribution in [2.45, 2.75) is 12.7 Å². The molecule has 0 radical (unpaired) electrons.